The predicted octanol–water partition coefficient (Wildman–Crippen LogP) is 5.43. The van der Waals surface area contributed by atoms with Crippen molar-refractivity contribution in [3.63, 3.8) is 0 Å². The summed E-state index contributed by atoms with van der Waals surface area (Å²) in [5, 5.41) is 14.2. The molecule has 0 aliphatic rings. The van der Waals surface area contributed by atoms with E-state index in [1.165, 1.54) is 5.56 Å². The van der Waals surface area contributed by atoms with Gasteiger partial charge in [0, 0.05) is 19.4 Å². The van der Waals surface area contributed by atoms with E-state index in [0.717, 1.165) is 54.1 Å². The van der Waals surface area contributed by atoms with Crippen LogP contribution in [0.3, 0.4) is 0 Å². The van der Waals surface area contributed by atoms with E-state index < -0.39 is 5.97 Å². The summed E-state index contributed by atoms with van der Waals surface area (Å²) in [4.78, 5) is 16.4. The molecule has 0 aliphatic heterocycles. The van der Waals surface area contributed by atoms with Gasteiger partial charge < -0.3 is 5.11 Å². The van der Waals surface area contributed by atoms with E-state index in [2.05, 4.69) is 31.2 Å². The lowest BCUT2D eigenvalue weighted by molar-refractivity contribution is 0.0697. The summed E-state index contributed by atoms with van der Waals surface area (Å²) in [6, 6.07) is 25.5. The highest BCUT2D eigenvalue weighted by atomic mass is 16.4. The number of rotatable bonds is 9. The largest absolute Gasteiger partial charge is 0.478 e. The minimum atomic E-state index is -0.916. The summed E-state index contributed by atoms with van der Waals surface area (Å²) in [5.41, 5.74) is 4.35. The summed E-state index contributed by atoms with van der Waals surface area (Å²) >= 11 is 0. The van der Waals surface area contributed by atoms with E-state index in [4.69, 9.17) is 10.1 Å². The number of hydrogen-bond donors (Lipinski definition) is 1. The highest BCUT2D eigenvalue weighted by Gasteiger charge is 2.13. The Balaban J connectivity index is 1.51. The first-order valence-electron chi connectivity index (χ1n) is 11.0. The first-order valence-corrected chi connectivity index (χ1v) is 11.0. The molecule has 32 heavy (non-hydrogen) atoms. The van der Waals surface area contributed by atoms with Crippen molar-refractivity contribution in [3.8, 4) is 11.1 Å². The Morgan fingerprint density at radius 3 is 2.31 bits per heavy atom. The molecule has 0 amide bonds. The zero-order valence-corrected chi connectivity index (χ0v) is 18.2. The third-order valence-electron chi connectivity index (χ3n) is 5.49. The molecule has 0 atom stereocenters. The summed E-state index contributed by atoms with van der Waals surface area (Å²) in [6.07, 6.45) is 3.44. The fourth-order valence-electron chi connectivity index (χ4n) is 3.86. The molecular weight excluding hydrogens is 398 g/mol. The Hall–Kier alpha value is -3.73. The monoisotopic (exact) mass is 425 g/mol. The van der Waals surface area contributed by atoms with Gasteiger partial charge in [-0.3, -0.25) is 0 Å². The normalized spacial score (nSPS) is 10.9. The topological polar surface area (TPSA) is 68.0 Å². The minimum absolute atomic E-state index is 0.311. The van der Waals surface area contributed by atoms with Crippen LogP contribution in [0.1, 0.15) is 46.5 Å². The van der Waals surface area contributed by atoms with Gasteiger partial charge in [-0.25, -0.2) is 14.5 Å². The van der Waals surface area contributed by atoms with Crippen molar-refractivity contribution < 1.29 is 9.90 Å². The van der Waals surface area contributed by atoms with Crippen LogP contribution in [0.4, 0.5) is 0 Å². The molecular formula is C27H27N3O2. The molecule has 0 aliphatic carbocycles. The van der Waals surface area contributed by atoms with Crippen LogP contribution >= 0.6 is 0 Å². The van der Waals surface area contributed by atoms with Crippen LogP contribution in [0, 0.1) is 0 Å². The number of aryl methyl sites for hydroxylation is 3. The molecule has 5 heteroatoms. The maximum atomic E-state index is 11.5. The Morgan fingerprint density at radius 2 is 1.59 bits per heavy atom. The molecule has 162 valence electrons. The molecule has 3 aromatic carbocycles. The van der Waals surface area contributed by atoms with Crippen molar-refractivity contribution in [2.75, 3.05) is 0 Å². The molecule has 0 unspecified atom stereocenters. The second-order valence-corrected chi connectivity index (χ2v) is 7.88. The molecule has 0 saturated heterocycles. The Labute approximate surface area is 188 Å². The fourth-order valence-corrected chi connectivity index (χ4v) is 3.86. The van der Waals surface area contributed by atoms with Gasteiger partial charge in [0.05, 0.1) is 5.56 Å². The van der Waals surface area contributed by atoms with Crippen LogP contribution in [0.15, 0.2) is 78.9 Å². The van der Waals surface area contributed by atoms with E-state index in [1.54, 1.807) is 12.1 Å². The molecule has 1 heterocycles. The summed E-state index contributed by atoms with van der Waals surface area (Å²) in [6.45, 7) is 2.99. The van der Waals surface area contributed by atoms with Gasteiger partial charge in [0.1, 0.15) is 5.82 Å². The van der Waals surface area contributed by atoms with Crippen molar-refractivity contribution in [1.82, 2.24) is 14.8 Å². The number of aromatic nitrogens is 3. The average molecular weight is 426 g/mol. The van der Waals surface area contributed by atoms with Crippen LogP contribution in [-0.4, -0.2) is 25.8 Å². The van der Waals surface area contributed by atoms with Crippen molar-refractivity contribution in [2.24, 2.45) is 0 Å². The first-order chi connectivity index (χ1) is 15.6. The van der Waals surface area contributed by atoms with Crippen LogP contribution < -0.4 is 0 Å². The van der Waals surface area contributed by atoms with Gasteiger partial charge in [-0.15, -0.1) is 0 Å². The van der Waals surface area contributed by atoms with E-state index >= 15 is 0 Å². The van der Waals surface area contributed by atoms with Crippen LogP contribution in [0.25, 0.3) is 11.1 Å². The van der Waals surface area contributed by atoms with Gasteiger partial charge in [0.15, 0.2) is 5.82 Å². The van der Waals surface area contributed by atoms with Crippen molar-refractivity contribution >= 4 is 5.97 Å². The smallest absolute Gasteiger partial charge is 0.336 e. The SMILES string of the molecule is CCCn1nc(CCc2ccccc2)nc1Cc1ccc(-c2ccccc2C(=O)O)cc1. The Kier molecular flexibility index (Phi) is 6.75. The van der Waals surface area contributed by atoms with Crippen LogP contribution in [0.2, 0.25) is 0 Å². The second-order valence-electron chi connectivity index (χ2n) is 7.88. The molecule has 4 aromatic rings. The van der Waals surface area contributed by atoms with Gasteiger partial charge >= 0.3 is 5.97 Å². The van der Waals surface area contributed by atoms with Crippen LogP contribution in [-0.2, 0) is 25.8 Å². The summed E-state index contributed by atoms with van der Waals surface area (Å²) in [5.74, 6) is 0.929. The van der Waals surface area contributed by atoms with Crippen molar-refractivity contribution in [1.29, 1.82) is 0 Å². The fraction of sp³-hybridized carbons (Fsp3) is 0.222. The highest BCUT2D eigenvalue weighted by molar-refractivity contribution is 5.95. The number of carboxylic acids is 1. The first kappa shape index (κ1) is 21.5. The van der Waals surface area contributed by atoms with Crippen LogP contribution in [0.5, 0.6) is 0 Å². The minimum Gasteiger partial charge on any atom is -0.478 e. The maximum Gasteiger partial charge on any atom is 0.336 e. The second kappa shape index (κ2) is 10.1. The highest BCUT2D eigenvalue weighted by Crippen LogP contribution is 2.24. The van der Waals surface area contributed by atoms with Gasteiger partial charge in [0.25, 0.3) is 0 Å². The molecule has 4 rings (SSSR count). The van der Waals surface area contributed by atoms with Gasteiger partial charge in [-0.1, -0.05) is 79.7 Å². The predicted molar refractivity (Wildman–Crippen MR) is 126 cm³/mol. The zero-order valence-electron chi connectivity index (χ0n) is 18.2. The van der Waals surface area contributed by atoms with Crippen molar-refractivity contribution in [2.45, 2.75) is 39.2 Å². The third-order valence-corrected chi connectivity index (χ3v) is 5.49. The Morgan fingerprint density at radius 1 is 0.875 bits per heavy atom. The summed E-state index contributed by atoms with van der Waals surface area (Å²) in [7, 11) is 0. The average Bonchev–Trinajstić information content (AvgIpc) is 3.20. The lowest BCUT2D eigenvalue weighted by Crippen LogP contribution is -2.06. The third kappa shape index (κ3) is 5.11. The molecule has 0 spiro atoms. The number of carboxylic acid groups (broad SMARTS) is 1. The number of carbonyl (C=O) groups is 1. The number of hydrogen-bond acceptors (Lipinski definition) is 3. The number of aromatic carboxylic acids is 1. The molecule has 1 aromatic heterocycles. The van der Waals surface area contributed by atoms with Gasteiger partial charge in [-0.05, 0) is 41.2 Å². The molecule has 1 N–H and O–H groups in total. The molecule has 0 bridgehead atoms. The maximum absolute atomic E-state index is 11.5. The lowest BCUT2D eigenvalue weighted by atomic mass is 9.98. The summed E-state index contributed by atoms with van der Waals surface area (Å²) < 4.78 is 2.02. The van der Waals surface area contributed by atoms with Gasteiger partial charge in [-0.2, -0.15) is 5.10 Å². The molecule has 0 radical (unpaired) electrons. The molecule has 0 saturated carbocycles. The quantitative estimate of drug-likeness (QED) is 0.388. The van der Waals surface area contributed by atoms with Gasteiger partial charge in [0.2, 0.25) is 0 Å². The number of benzene rings is 3. The molecule has 5 nitrogen and oxygen atoms in total. The van der Waals surface area contributed by atoms with E-state index in [1.807, 2.05) is 47.1 Å². The van der Waals surface area contributed by atoms with E-state index in [-0.39, 0.29) is 0 Å². The molecule has 0 fully saturated rings. The standard InChI is InChI=1S/C27H27N3O2/c1-2-18-30-26(28-25(29-30)17-14-20-8-4-3-5-9-20)19-21-12-15-22(16-13-21)23-10-6-7-11-24(23)27(31)32/h3-13,15-16H,2,14,17-19H2,1H3,(H,31,32). The van der Waals surface area contributed by atoms with E-state index in [0.29, 0.717) is 12.0 Å². The Bertz CT molecular complexity index is 1180. The number of nitrogens with zero attached hydrogens (tertiary/aromatic N) is 3. The van der Waals surface area contributed by atoms with E-state index in [9.17, 15) is 9.90 Å². The lowest BCUT2D eigenvalue weighted by Gasteiger charge is -2.08. The van der Waals surface area contributed by atoms with Crippen molar-refractivity contribution in [3.05, 3.63) is 107 Å². The zero-order chi connectivity index (χ0) is 22.3.